The van der Waals surface area contributed by atoms with Gasteiger partial charge in [0.2, 0.25) is 15.2 Å². The number of thiazole rings is 1. The number of benzene rings is 2. The number of fused-ring (bicyclic) bond motifs is 1. The predicted molar refractivity (Wildman–Crippen MR) is 147 cm³/mol. The summed E-state index contributed by atoms with van der Waals surface area (Å²) in [6, 6.07) is 12.1. The zero-order chi connectivity index (χ0) is 26.3. The Labute approximate surface area is 221 Å². The molecule has 1 aliphatic carbocycles. The molecule has 8 nitrogen and oxygen atoms in total. The van der Waals surface area contributed by atoms with Crippen LogP contribution in [0.25, 0.3) is 15.3 Å². The molecule has 1 N–H and O–H groups in total. The lowest BCUT2D eigenvalue weighted by molar-refractivity contribution is 0.102. The van der Waals surface area contributed by atoms with E-state index < -0.39 is 10.0 Å². The van der Waals surface area contributed by atoms with Crippen LogP contribution in [0.2, 0.25) is 0 Å². The van der Waals surface area contributed by atoms with Crippen molar-refractivity contribution in [3.05, 3.63) is 64.8 Å². The minimum Gasteiger partial charge on any atom is -0.306 e. The Kier molecular flexibility index (Phi) is 6.91. The van der Waals surface area contributed by atoms with Crippen molar-refractivity contribution in [2.45, 2.75) is 63.8 Å². The summed E-state index contributed by atoms with van der Waals surface area (Å²) in [4.78, 5) is 18.0. The maximum absolute atomic E-state index is 13.1. The highest BCUT2D eigenvalue weighted by atomic mass is 32.2. The molecular weight excluding hydrogens is 506 g/mol. The molecule has 2 aromatic heterocycles. The van der Waals surface area contributed by atoms with E-state index in [4.69, 9.17) is 4.98 Å². The highest BCUT2D eigenvalue weighted by Crippen LogP contribution is 2.30. The number of sulfonamides is 1. The van der Waals surface area contributed by atoms with Crippen LogP contribution in [0.3, 0.4) is 0 Å². The van der Waals surface area contributed by atoms with E-state index in [2.05, 4.69) is 36.4 Å². The third kappa shape index (κ3) is 5.05. The first kappa shape index (κ1) is 25.6. The number of nitrogens with one attached hydrogen (secondary N) is 1. The van der Waals surface area contributed by atoms with Gasteiger partial charge in [0.05, 0.1) is 20.8 Å². The number of amides is 1. The fourth-order valence-corrected chi connectivity index (χ4v) is 7.19. The molecule has 0 unspecified atom stereocenters. The van der Waals surface area contributed by atoms with Crippen molar-refractivity contribution in [2.24, 2.45) is 0 Å². The van der Waals surface area contributed by atoms with Gasteiger partial charge < -0.3 is 5.32 Å². The van der Waals surface area contributed by atoms with E-state index in [1.165, 1.54) is 38.9 Å². The van der Waals surface area contributed by atoms with Gasteiger partial charge in [0.1, 0.15) is 5.82 Å². The van der Waals surface area contributed by atoms with Crippen molar-refractivity contribution in [1.82, 2.24) is 19.1 Å². The Morgan fingerprint density at radius 2 is 1.70 bits per heavy atom. The molecule has 0 bridgehead atoms. The molecule has 37 heavy (non-hydrogen) atoms. The Balaban J connectivity index is 1.36. The van der Waals surface area contributed by atoms with Crippen molar-refractivity contribution >= 4 is 43.3 Å². The minimum absolute atomic E-state index is 0.0283. The molecule has 1 fully saturated rings. The van der Waals surface area contributed by atoms with Crippen LogP contribution in [0.5, 0.6) is 0 Å². The Morgan fingerprint density at radius 1 is 1.03 bits per heavy atom. The first-order chi connectivity index (χ1) is 17.6. The lowest BCUT2D eigenvalue weighted by atomic mass is 9.96. The highest BCUT2D eigenvalue weighted by molar-refractivity contribution is 7.89. The summed E-state index contributed by atoms with van der Waals surface area (Å²) in [5.41, 5.74) is 4.37. The monoisotopic (exact) mass is 537 g/mol. The molecule has 194 valence electrons. The number of hydrogen-bond acceptors (Lipinski definition) is 6. The molecule has 0 atom stereocenters. The van der Waals surface area contributed by atoms with Crippen LogP contribution in [0.15, 0.2) is 47.4 Å². The van der Waals surface area contributed by atoms with Crippen molar-refractivity contribution in [1.29, 1.82) is 0 Å². The first-order valence-corrected chi connectivity index (χ1v) is 14.7. The Hall–Kier alpha value is -3.08. The van der Waals surface area contributed by atoms with Crippen molar-refractivity contribution in [3.8, 4) is 5.13 Å². The van der Waals surface area contributed by atoms with E-state index in [1.807, 2.05) is 6.92 Å². The quantitative estimate of drug-likeness (QED) is 0.345. The molecule has 5 rings (SSSR count). The predicted octanol–water partition coefficient (Wildman–Crippen LogP) is 5.61. The summed E-state index contributed by atoms with van der Waals surface area (Å²) in [6.07, 6.45) is 5.03. The third-order valence-electron chi connectivity index (χ3n) is 7.13. The molecule has 1 aliphatic rings. The Bertz CT molecular complexity index is 1530. The van der Waals surface area contributed by atoms with Gasteiger partial charge in [0, 0.05) is 24.7 Å². The zero-order valence-electron chi connectivity index (χ0n) is 21.5. The number of anilines is 1. The van der Waals surface area contributed by atoms with E-state index >= 15 is 0 Å². The lowest BCUT2D eigenvalue weighted by Crippen LogP contribution is -2.38. The second kappa shape index (κ2) is 10.00. The van der Waals surface area contributed by atoms with Crippen LogP contribution in [0.4, 0.5) is 5.82 Å². The molecule has 0 radical (unpaired) electrons. The minimum atomic E-state index is -3.62. The number of hydrogen-bond donors (Lipinski definition) is 1. The SMILES string of the molecule is Cc1cc(NC(=O)c2ccc(S(=O)(=O)N(C)C3CCCCC3)cc2)n(-c2nc3cc(C)c(C)cc3s2)n1. The van der Waals surface area contributed by atoms with Crippen LogP contribution in [0, 0.1) is 20.8 Å². The smallest absolute Gasteiger partial charge is 0.256 e. The summed E-state index contributed by atoms with van der Waals surface area (Å²) in [5.74, 6) is 0.155. The zero-order valence-corrected chi connectivity index (χ0v) is 23.1. The Morgan fingerprint density at radius 3 is 2.41 bits per heavy atom. The number of rotatable bonds is 6. The van der Waals surface area contributed by atoms with Gasteiger partial charge in [0.25, 0.3) is 5.91 Å². The second-order valence-electron chi connectivity index (χ2n) is 9.77. The average Bonchev–Trinajstić information content (AvgIpc) is 3.46. The molecule has 1 saturated carbocycles. The fraction of sp³-hybridized carbons (Fsp3) is 0.370. The molecule has 2 heterocycles. The average molecular weight is 538 g/mol. The van der Waals surface area contributed by atoms with E-state index in [-0.39, 0.29) is 16.8 Å². The normalized spacial score (nSPS) is 14.9. The van der Waals surface area contributed by atoms with Gasteiger partial charge >= 0.3 is 0 Å². The van der Waals surface area contributed by atoms with Crippen LogP contribution >= 0.6 is 11.3 Å². The lowest BCUT2D eigenvalue weighted by Gasteiger charge is -2.30. The molecule has 0 aliphatic heterocycles. The van der Waals surface area contributed by atoms with Crippen molar-refractivity contribution in [3.63, 3.8) is 0 Å². The van der Waals surface area contributed by atoms with Gasteiger partial charge in [-0.2, -0.15) is 14.1 Å². The summed E-state index contributed by atoms with van der Waals surface area (Å²) in [7, 11) is -1.96. The molecule has 0 saturated heterocycles. The number of carbonyl (C=O) groups excluding carboxylic acids is 1. The van der Waals surface area contributed by atoms with Gasteiger partial charge in [-0.1, -0.05) is 30.6 Å². The van der Waals surface area contributed by atoms with E-state index in [1.54, 1.807) is 29.9 Å². The largest absolute Gasteiger partial charge is 0.306 e. The first-order valence-electron chi connectivity index (χ1n) is 12.5. The van der Waals surface area contributed by atoms with Crippen LogP contribution in [-0.2, 0) is 10.0 Å². The van der Waals surface area contributed by atoms with Crippen LogP contribution < -0.4 is 5.32 Å². The van der Waals surface area contributed by atoms with Gasteiger partial charge in [-0.3, -0.25) is 4.79 Å². The third-order valence-corrected chi connectivity index (χ3v) is 10.0. The summed E-state index contributed by atoms with van der Waals surface area (Å²) < 4.78 is 30.4. The van der Waals surface area contributed by atoms with Crippen molar-refractivity contribution in [2.75, 3.05) is 12.4 Å². The van der Waals surface area contributed by atoms with Gasteiger partial charge in [-0.05, 0) is 81.1 Å². The molecule has 2 aromatic carbocycles. The molecule has 4 aromatic rings. The maximum atomic E-state index is 13.1. The molecule has 0 spiro atoms. The number of aryl methyl sites for hydroxylation is 3. The van der Waals surface area contributed by atoms with E-state index in [0.29, 0.717) is 16.5 Å². The van der Waals surface area contributed by atoms with Crippen molar-refractivity contribution < 1.29 is 13.2 Å². The summed E-state index contributed by atoms with van der Waals surface area (Å²) in [6.45, 7) is 5.99. The topological polar surface area (TPSA) is 97.2 Å². The highest BCUT2D eigenvalue weighted by Gasteiger charge is 2.29. The molecule has 1 amide bonds. The van der Waals surface area contributed by atoms with E-state index in [0.717, 1.165) is 48.0 Å². The fourth-order valence-electron chi connectivity index (χ4n) is 4.77. The van der Waals surface area contributed by atoms with Crippen LogP contribution in [-0.4, -0.2) is 46.5 Å². The van der Waals surface area contributed by atoms with Gasteiger partial charge in [0.15, 0.2) is 0 Å². The molecule has 10 heteroatoms. The number of aromatic nitrogens is 3. The summed E-state index contributed by atoms with van der Waals surface area (Å²) in [5, 5.41) is 8.12. The number of carbonyl (C=O) groups is 1. The standard InChI is InChI=1S/C27H31N5O3S2/c1-17-14-23-24(15-18(17)2)36-27(28-23)32-25(16-19(3)30-32)29-26(33)20-10-12-22(13-11-20)37(34,35)31(4)21-8-6-5-7-9-21/h10-16,21H,5-9H2,1-4H3,(H,29,33). The maximum Gasteiger partial charge on any atom is 0.256 e. The van der Waals surface area contributed by atoms with Crippen LogP contribution in [0.1, 0.15) is 59.3 Å². The summed E-state index contributed by atoms with van der Waals surface area (Å²) >= 11 is 1.51. The number of nitrogens with zero attached hydrogens (tertiary/aromatic N) is 4. The second-order valence-corrected chi connectivity index (χ2v) is 12.8. The van der Waals surface area contributed by atoms with Gasteiger partial charge in [-0.15, -0.1) is 0 Å². The van der Waals surface area contributed by atoms with Gasteiger partial charge in [-0.25, -0.2) is 13.4 Å². The molecular formula is C27H31N5O3S2. The van der Waals surface area contributed by atoms with E-state index in [9.17, 15) is 13.2 Å².